The van der Waals surface area contributed by atoms with Crippen LogP contribution >= 0.6 is 0 Å². The molecule has 0 radical (unpaired) electrons. The Kier molecular flexibility index (Phi) is 5.83. The Morgan fingerprint density at radius 3 is 2.73 bits per heavy atom. The van der Waals surface area contributed by atoms with Gasteiger partial charge in [0, 0.05) is 49.9 Å². The van der Waals surface area contributed by atoms with Gasteiger partial charge in [-0.15, -0.1) is 0 Å². The zero-order chi connectivity index (χ0) is 22.9. The summed E-state index contributed by atoms with van der Waals surface area (Å²) in [6.45, 7) is 8.67. The molecule has 1 amide bonds. The second-order valence-electron chi connectivity index (χ2n) is 9.05. The first-order valence-corrected chi connectivity index (χ1v) is 11.7. The summed E-state index contributed by atoms with van der Waals surface area (Å²) in [6, 6.07) is 6.02. The molecule has 2 aliphatic heterocycles. The quantitative estimate of drug-likeness (QED) is 0.603. The maximum Gasteiger partial charge on any atom is 0.291 e. The van der Waals surface area contributed by atoms with Crippen molar-refractivity contribution in [2.45, 2.75) is 58.9 Å². The van der Waals surface area contributed by atoms with E-state index >= 15 is 0 Å². The van der Waals surface area contributed by atoms with Gasteiger partial charge in [-0.25, -0.2) is 15.0 Å². The lowest BCUT2D eigenvalue weighted by Gasteiger charge is -2.34. The fourth-order valence-electron chi connectivity index (χ4n) is 4.98. The lowest BCUT2D eigenvalue weighted by Crippen LogP contribution is -2.40. The van der Waals surface area contributed by atoms with Crippen molar-refractivity contribution in [3.8, 4) is 0 Å². The predicted molar refractivity (Wildman–Crippen MR) is 124 cm³/mol. The monoisotopic (exact) mass is 446 g/mol. The van der Waals surface area contributed by atoms with Gasteiger partial charge >= 0.3 is 0 Å². The Labute approximate surface area is 194 Å². The van der Waals surface area contributed by atoms with Crippen LogP contribution in [0.5, 0.6) is 0 Å². The van der Waals surface area contributed by atoms with Crippen molar-refractivity contribution in [3.05, 3.63) is 64.5 Å². The molecule has 172 valence electrons. The number of aryl methyl sites for hydroxylation is 3. The molecule has 8 nitrogen and oxygen atoms in total. The second kappa shape index (κ2) is 8.92. The third-order valence-electron chi connectivity index (χ3n) is 6.61. The molecule has 0 aromatic carbocycles. The highest BCUT2D eigenvalue weighted by Gasteiger charge is 2.31. The summed E-state index contributed by atoms with van der Waals surface area (Å²) in [7, 11) is 0. The number of anilines is 1. The number of likely N-dealkylation sites (tertiary alicyclic amines) is 1. The molecule has 0 spiro atoms. The van der Waals surface area contributed by atoms with E-state index in [1.165, 1.54) is 5.56 Å². The average Bonchev–Trinajstić information content (AvgIpc) is 3.17. The summed E-state index contributed by atoms with van der Waals surface area (Å²) in [6.07, 6.45) is 5.81. The summed E-state index contributed by atoms with van der Waals surface area (Å²) < 4.78 is 5.59. The Morgan fingerprint density at radius 1 is 1.09 bits per heavy atom. The van der Waals surface area contributed by atoms with Crippen molar-refractivity contribution in [3.63, 3.8) is 0 Å². The zero-order valence-electron chi connectivity index (χ0n) is 19.5. The van der Waals surface area contributed by atoms with Crippen LogP contribution in [0, 0.1) is 20.8 Å². The standard InChI is InChI=1S/C25H30N6O2/c1-16-21-10-7-12-30(15-20-9-4-5-11-26-20)24(21)29-23(28-16)19-8-6-13-31(14-19)25(32)22-17(2)27-18(3)33-22/h4-5,9,11,19H,6-8,10,12-15H2,1-3H3. The molecule has 5 rings (SSSR count). The van der Waals surface area contributed by atoms with Crippen LogP contribution in [0.4, 0.5) is 5.82 Å². The first-order valence-electron chi connectivity index (χ1n) is 11.7. The summed E-state index contributed by atoms with van der Waals surface area (Å²) in [5, 5.41) is 0. The fraction of sp³-hybridized carbons (Fsp3) is 0.480. The van der Waals surface area contributed by atoms with Crippen LogP contribution in [0.1, 0.15) is 70.1 Å². The third kappa shape index (κ3) is 4.34. The summed E-state index contributed by atoms with van der Waals surface area (Å²) in [5.74, 6) is 2.74. The Balaban J connectivity index is 1.40. The van der Waals surface area contributed by atoms with Crippen LogP contribution in [-0.4, -0.2) is 50.4 Å². The van der Waals surface area contributed by atoms with E-state index in [1.807, 2.05) is 30.2 Å². The summed E-state index contributed by atoms with van der Waals surface area (Å²) >= 11 is 0. The van der Waals surface area contributed by atoms with Gasteiger partial charge in [-0.3, -0.25) is 9.78 Å². The lowest BCUT2D eigenvalue weighted by molar-refractivity contribution is 0.0670. The molecule has 1 saturated heterocycles. The predicted octanol–water partition coefficient (Wildman–Crippen LogP) is 3.76. The molecule has 0 saturated carbocycles. The second-order valence-corrected chi connectivity index (χ2v) is 9.05. The van der Waals surface area contributed by atoms with Crippen LogP contribution in [0.15, 0.2) is 28.8 Å². The van der Waals surface area contributed by atoms with E-state index < -0.39 is 0 Å². The van der Waals surface area contributed by atoms with Crippen molar-refractivity contribution < 1.29 is 9.21 Å². The molecular weight excluding hydrogens is 416 g/mol. The molecule has 3 aromatic rings. The van der Waals surface area contributed by atoms with Gasteiger partial charge in [0.1, 0.15) is 11.6 Å². The van der Waals surface area contributed by atoms with Gasteiger partial charge in [-0.05, 0) is 51.7 Å². The molecule has 1 unspecified atom stereocenters. The van der Waals surface area contributed by atoms with E-state index in [4.69, 9.17) is 14.4 Å². The number of piperidine rings is 1. The molecule has 8 heteroatoms. The number of rotatable bonds is 4. The molecule has 2 aliphatic rings. The molecule has 0 N–H and O–H groups in total. The van der Waals surface area contributed by atoms with E-state index in [-0.39, 0.29) is 11.8 Å². The van der Waals surface area contributed by atoms with E-state index in [0.717, 1.165) is 61.8 Å². The van der Waals surface area contributed by atoms with Crippen LogP contribution in [0.2, 0.25) is 0 Å². The minimum Gasteiger partial charge on any atom is -0.436 e. The Morgan fingerprint density at radius 2 is 1.97 bits per heavy atom. The number of nitrogens with zero attached hydrogens (tertiary/aromatic N) is 6. The molecular formula is C25H30N6O2. The van der Waals surface area contributed by atoms with Crippen molar-refractivity contribution in [1.82, 2.24) is 24.8 Å². The van der Waals surface area contributed by atoms with Gasteiger partial charge in [0.25, 0.3) is 5.91 Å². The molecule has 33 heavy (non-hydrogen) atoms. The summed E-state index contributed by atoms with van der Waals surface area (Å²) in [4.78, 5) is 36.0. The molecule has 1 fully saturated rings. The van der Waals surface area contributed by atoms with Crippen molar-refractivity contribution in [1.29, 1.82) is 0 Å². The number of pyridine rings is 1. The lowest BCUT2D eigenvalue weighted by atomic mass is 9.95. The number of fused-ring (bicyclic) bond motifs is 1. The van der Waals surface area contributed by atoms with Crippen molar-refractivity contribution >= 4 is 11.7 Å². The average molecular weight is 447 g/mol. The molecule has 1 atom stereocenters. The highest BCUT2D eigenvalue weighted by molar-refractivity contribution is 5.92. The number of aromatic nitrogens is 4. The Hall–Kier alpha value is -3.29. The number of carbonyl (C=O) groups is 1. The van der Waals surface area contributed by atoms with Crippen LogP contribution in [-0.2, 0) is 13.0 Å². The largest absolute Gasteiger partial charge is 0.436 e. The van der Waals surface area contributed by atoms with Crippen molar-refractivity contribution in [2.24, 2.45) is 0 Å². The minimum atomic E-state index is -0.0933. The number of carbonyl (C=O) groups excluding carboxylic acids is 1. The van der Waals surface area contributed by atoms with E-state index in [2.05, 4.69) is 27.9 Å². The molecule has 5 heterocycles. The first kappa shape index (κ1) is 21.6. The Bertz CT molecular complexity index is 1160. The van der Waals surface area contributed by atoms with E-state index in [0.29, 0.717) is 30.4 Å². The topological polar surface area (TPSA) is 88.3 Å². The smallest absolute Gasteiger partial charge is 0.291 e. The fourth-order valence-corrected chi connectivity index (χ4v) is 4.98. The third-order valence-corrected chi connectivity index (χ3v) is 6.61. The minimum absolute atomic E-state index is 0.0933. The molecule has 3 aromatic heterocycles. The SMILES string of the molecule is Cc1nc(C)c(C(=O)N2CCCC(c3nc(C)c4c(n3)N(Cc3ccccn3)CCC4)C2)o1. The van der Waals surface area contributed by atoms with Crippen molar-refractivity contribution in [2.75, 3.05) is 24.5 Å². The zero-order valence-corrected chi connectivity index (χ0v) is 19.5. The normalized spacial score (nSPS) is 18.3. The summed E-state index contributed by atoms with van der Waals surface area (Å²) in [5.41, 5.74) is 3.96. The number of amides is 1. The number of hydrogen-bond donors (Lipinski definition) is 0. The maximum atomic E-state index is 13.1. The highest BCUT2D eigenvalue weighted by Crippen LogP contribution is 2.32. The van der Waals surface area contributed by atoms with Gasteiger partial charge in [-0.2, -0.15) is 0 Å². The van der Waals surface area contributed by atoms with E-state index in [9.17, 15) is 4.79 Å². The van der Waals surface area contributed by atoms with Gasteiger partial charge in [0.2, 0.25) is 5.76 Å². The van der Waals surface area contributed by atoms with E-state index in [1.54, 1.807) is 6.92 Å². The van der Waals surface area contributed by atoms with Gasteiger partial charge < -0.3 is 14.2 Å². The molecule has 0 aliphatic carbocycles. The number of hydrogen-bond acceptors (Lipinski definition) is 7. The maximum absolute atomic E-state index is 13.1. The van der Waals surface area contributed by atoms with Crippen LogP contribution in [0.3, 0.4) is 0 Å². The van der Waals surface area contributed by atoms with Gasteiger partial charge in [0.15, 0.2) is 5.89 Å². The highest BCUT2D eigenvalue weighted by atomic mass is 16.4. The van der Waals surface area contributed by atoms with Gasteiger partial charge in [0.05, 0.1) is 17.9 Å². The van der Waals surface area contributed by atoms with Crippen LogP contribution in [0.25, 0.3) is 0 Å². The first-order chi connectivity index (χ1) is 16.0. The number of oxazole rings is 1. The van der Waals surface area contributed by atoms with Gasteiger partial charge in [-0.1, -0.05) is 6.07 Å². The molecule has 0 bridgehead atoms. The van der Waals surface area contributed by atoms with Crippen LogP contribution < -0.4 is 4.90 Å².